The Bertz CT molecular complexity index is 539. The Morgan fingerprint density at radius 1 is 1.42 bits per heavy atom. The molecule has 1 aromatic heterocycles. The van der Waals surface area contributed by atoms with Gasteiger partial charge in [0.1, 0.15) is 17.1 Å². The third kappa shape index (κ3) is 3.45. The summed E-state index contributed by atoms with van der Waals surface area (Å²) in [7, 11) is -4.35. The summed E-state index contributed by atoms with van der Waals surface area (Å²) in [6.07, 6.45) is -4.64. The number of rotatable bonds is 5. The van der Waals surface area contributed by atoms with E-state index >= 15 is 0 Å². The molecule has 0 spiro atoms. The zero-order valence-electron chi connectivity index (χ0n) is 10.3. The molecule has 0 atom stereocenters. The highest BCUT2D eigenvalue weighted by Gasteiger charge is 2.38. The number of aliphatic hydroxyl groups is 1. The van der Waals surface area contributed by atoms with E-state index in [0.29, 0.717) is 4.31 Å². The van der Waals surface area contributed by atoms with Gasteiger partial charge in [0.05, 0.1) is 12.3 Å². The Morgan fingerprint density at radius 3 is 2.42 bits per heavy atom. The van der Waals surface area contributed by atoms with E-state index in [0.717, 1.165) is 0 Å². The van der Waals surface area contributed by atoms with Gasteiger partial charge < -0.3 is 5.11 Å². The highest BCUT2D eigenvalue weighted by atomic mass is 32.2. The lowest BCUT2D eigenvalue weighted by Crippen LogP contribution is -2.39. The molecule has 0 aliphatic heterocycles. The molecule has 0 saturated heterocycles. The first-order chi connectivity index (χ1) is 8.63. The van der Waals surface area contributed by atoms with Crippen molar-refractivity contribution < 1.29 is 26.7 Å². The van der Waals surface area contributed by atoms with Crippen molar-refractivity contribution in [3.05, 3.63) is 11.4 Å². The van der Waals surface area contributed by atoms with Gasteiger partial charge in [-0.2, -0.15) is 22.6 Å². The second kappa shape index (κ2) is 5.47. The van der Waals surface area contributed by atoms with E-state index in [1.165, 1.54) is 13.8 Å². The molecular weight excluding hydrogens is 287 g/mol. The maximum Gasteiger partial charge on any atom is 0.402 e. The number of aliphatic hydroxyl groups excluding tert-OH is 1. The van der Waals surface area contributed by atoms with Crippen molar-refractivity contribution in [2.24, 2.45) is 0 Å². The van der Waals surface area contributed by atoms with Crippen molar-refractivity contribution in [3.8, 4) is 0 Å². The molecule has 10 heteroatoms. The second-order valence-electron chi connectivity index (χ2n) is 3.83. The number of sulfonamides is 1. The molecule has 0 aromatic carbocycles. The van der Waals surface area contributed by atoms with Crippen molar-refractivity contribution >= 4 is 10.0 Å². The summed E-state index contributed by atoms with van der Waals surface area (Å²) in [5.41, 5.74) is -0.109. The predicted octanol–water partition coefficient (Wildman–Crippen LogP) is 0.783. The molecule has 110 valence electrons. The average molecular weight is 301 g/mol. The fourth-order valence-corrected chi connectivity index (χ4v) is 3.37. The van der Waals surface area contributed by atoms with Crippen LogP contribution >= 0.6 is 0 Å². The number of halogens is 3. The van der Waals surface area contributed by atoms with Gasteiger partial charge in [0.25, 0.3) is 0 Å². The number of alkyl halides is 3. The second-order valence-corrected chi connectivity index (χ2v) is 5.70. The Kier molecular flexibility index (Phi) is 4.59. The van der Waals surface area contributed by atoms with E-state index in [-0.39, 0.29) is 17.9 Å². The van der Waals surface area contributed by atoms with E-state index in [4.69, 9.17) is 5.11 Å². The molecule has 0 bridgehead atoms. The minimum atomic E-state index is -4.64. The summed E-state index contributed by atoms with van der Waals surface area (Å²) in [4.78, 5) is -0.402. The van der Waals surface area contributed by atoms with Crippen LogP contribution in [0.25, 0.3) is 0 Å². The lowest BCUT2D eigenvalue weighted by molar-refractivity contribution is -0.135. The van der Waals surface area contributed by atoms with Gasteiger partial charge in [-0.25, -0.2) is 8.42 Å². The third-order valence-electron chi connectivity index (χ3n) is 2.42. The van der Waals surface area contributed by atoms with Gasteiger partial charge in [0.15, 0.2) is 0 Å². The molecule has 2 N–H and O–H groups in total. The normalized spacial score (nSPS) is 13.2. The number of hydrogen-bond acceptors (Lipinski definition) is 4. The topological polar surface area (TPSA) is 86.3 Å². The lowest BCUT2D eigenvalue weighted by atomic mass is 10.4. The molecule has 1 rings (SSSR count). The standard InChI is InChI=1S/C9H14F3N3O3S/c1-3-15(5-9(10,11)12)19(17,18)8-6(2)13-14-7(8)4-16/h16H,3-5H2,1-2H3,(H,13,14). The molecule has 19 heavy (non-hydrogen) atoms. The first-order valence-electron chi connectivity index (χ1n) is 5.35. The number of aromatic nitrogens is 2. The van der Waals surface area contributed by atoms with Gasteiger partial charge in [-0.05, 0) is 6.92 Å². The van der Waals surface area contributed by atoms with Gasteiger partial charge in [-0.3, -0.25) is 5.10 Å². The number of aryl methyl sites for hydroxylation is 1. The van der Waals surface area contributed by atoms with Crippen LogP contribution < -0.4 is 0 Å². The van der Waals surface area contributed by atoms with Crippen LogP contribution in [-0.4, -0.2) is 47.3 Å². The smallest absolute Gasteiger partial charge is 0.390 e. The van der Waals surface area contributed by atoms with E-state index in [1.807, 2.05) is 0 Å². The highest BCUT2D eigenvalue weighted by Crippen LogP contribution is 2.25. The largest absolute Gasteiger partial charge is 0.402 e. The maximum atomic E-state index is 12.4. The number of hydrogen-bond donors (Lipinski definition) is 2. The number of H-pyrrole nitrogens is 1. The van der Waals surface area contributed by atoms with Gasteiger partial charge in [-0.1, -0.05) is 6.92 Å². The summed E-state index contributed by atoms with van der Waals surface area (Å²) >= 11 is 0. The summed E-state index contributed by atoms with van der Waals surface area (Å²) in [5.74, 6) is 0. The predicted molar refractivity (Wildman–Crippen MR) is 59.7 cm³/mol. The molecular formula is C9H14F3N3O3S. The molecule has 1 heterocycles. The van der Waals surface area contributed by atoms with Gasteiger partial charge in [-0.15, -0.1) is 0 Å². The van der Waals surface area contributed by atoms with Crippen LogP contribution in [0.15, 0.2) is 4.90 Å². The maximum absolute atomic E-state index is 12.4. The Balaban J connectivity index is 3.25. The lowest BCUT2D eigenvalue weighted by Gasteiger charge is -2.21. The third-order valence-corrected chi connectivity index (χ3v) is 4.54. The fraction of sp³-hybridized carbons (Fsp3) is 0.667. The first-order valence-corrected chi connectivity index (χ1v) is 6.79. The molecule has 0 aliphatic carbocycles. The van der Waals surface area contributed by atoms with Crippen molar-refractivity contribution in [1.29, 1.82) is 0 Å². The molecule has 0 saturated carbocycles. The minimum absolute atomic E-state index is 0.0877. The van der Waals surface area contributed by atoms with Crippen LogP contribution in [0.5, 0.6) is 0 Å². The van der Waals surface area contributed by atoms with Crippen molar-refractivity contribution in [3.63, 3.8) is 0 Å². The van der Waals surface area contributed by atoms with Gasteiger partial charge in [0, 0.05) is 6.54 Å². The van der Waals surface area contributed by atoms with Crippen LogP contribution in [0.4, 0.5) is 13.2 Å². The van der Waals surface area contributed by atoms with Crippen molar-refractivity contribution in [2.45, 2.75) is 31.5 Å². The van der Waals surface area contributed by atoms with Crippen LogP contribution in [-0.2, 0) is 16.6 Å². The summed E-state index contributed by atoms with van der Waals surface area (Å²) in [6, 6.07) is 0. The highest BCUT2D eigenvalue weighted by molar-refractivity contribution is 7.89. The van der Waals surface area contributed by atoms with Crippen molar-refractivity contribution in [1.82, 2.24) is 14.5 Å². The fourth-order valence-electron chi connectivity index (χ4n) is 1.61. The number of aromatic amines is 1. The Labute approximate surface area is 108 Å². The number of nitrogens with one attached hydrogen (secondary N) is 1. The zero-order valence-corrected chi connectivity index (χ0v) is 11.1. The summed E-state index contributed by atoms with van der Waals surface area (Å²) < 4.78 is 61.7. The van der Waals surface area contributed by atoms with Crippen LogP contribution in [0, 0.1) is 6.92 Å². The molecule has 0 amide bonds. The quantitative estimate of drug-likeness (QED) is 0.841. The van der Waals surface area contributed by atoms with Crippen molar-refractivity contribution in [2.75, 3.05) is 13.1 Å². The zero-order chi connectivity index (χ0) is 14.8. The molecule has 0 aliphatic rings. The van der Waals surface area contributed by atoms with E-state index in [9.17, 15) is 21.6 Å². The van der Waals surface area contributed by atoms with Crippen LogP contribution in [0.2, 0.25) is 0 Å². The molecule has 0 fully saturated rings. The van der Waals surface area contributed by atoms with Gasteiger partial charge >= 0.3 is 6.18 Å². The van der Waals surface area contributed by atoms with Crippen LogP contribution in [0.1, 0.15) is 18.3 Å². The minimum Gasteiger partial charge on any atom is -0.390 e. The Hall–Kier alpha value is -1.13. The SMILES string of the molecule is CCN(CC(F)(F)F)S(=O)(=O)c1c(CO)n[nH]c1C. The van der Waals surface area contributed by atoms with Gasteiger partial charge in [0.2, 0.25) is 10.0 Å². The summed E-state index contributed by atoms with van der Waals surface area (Å²) in [5, 5.41) is 14.9. The summed E-state index contributed by atoms with van der Waals surface area (Å²) in [6.45, 7) is 0.0684. The molecule has 0 unspecified atom stereocenters. The first kappa shape index (κ1) is 15.9. The monoisotopic (exact) mass is 301 g/mol. The average Bonchev–Trinajstić information content (AvgIpc) is 2.66. The molecule has 6 nitrogen and oxygen atoms in total. The molecule has 1 aromatic rings. The molecule has 0 radical (unpaired) electrons. The van der Waals surface area contributed by atoms with E-state index in [1.54, 1.807) is 0 Å². The Morgan fingerprint density at radius 2 is 2.00 bits per heavy atom. The van der Waals surface area contributed by atoms with Crippen LogP contribution in [0.3, 0.4) is 0 Å². The van der Waals surface area contributed by atoms with E-state index in [2.05, 4.69) is 10.2 Å². The van der Waals surface area contributed by atoms with E-state index < -0.39 is 34.2 Å². The number of nitrogens with zero attached hydrogens (tertiary/aromatic N) is 2.